The van der Waals surface area contributed by atoms with Crippen molar-refractivity contribution in [3.8, 4) is 0 Å². The summed E-state index contributed by atoms with van der Waals surface area (Å²) in [6.45, 7) is 7.75. The van der Waals surface area contributed by atoms with Crippen molar-refractivity contribution in [2.75, 3.05) is 18.4 Å². The van der Waals surface area contributed by atoms with Crippen LogP contribution in [0.3, 0.4) is 0 Å². The van der Waals surface area contributed by atoms with Crippen LogP contribution in [0.15, 0.2) is 24.3 Å². The number of nitrogens with one attached hydrogen (secondary N) is 2. The van der Waals surface area contributed by atoms with Crippen molar-refractivity contribution in [1.82, 2.24) is 0 Å². The van der Waals surface area contributed by atoms with Crippen molar-refractivity contribution in [3.05, 3.63) is 29.3 Å². The molecule has 1 amide bonds. The molecule has 4 atom stereocenters. The summed E-state index contributed by atoms with van der Waals surface area (Å²) >= 11 is 6.06. The molecule has 1 aliphatic rings. The molecule has 1 fully saturated rings. The van der Waals surface area contributed by atoms with Crippen molar-refractivity contribution in [3.63, 3.8) is 0 Å². The van der Waals surface area contributed by atoms with Gasteiger partial charge < -0.3 is 15.0 Å². The van der Waals surface area contributed by atoms with Crippen LogP contribution in [0.2, 0.25) is 5.02 Å². The lowest BCUT2D eigenvalue weighted by atomic mass is 10.1. The molecule has 0 radical (unpaired) electrons. The number of benzene rings is 1. The quantitative estimate of drug-likeness (QED) is 0.885. The number of ether oxygens (including phenoxy) is 1. The third kappa shape index (κ3) is 3.72. The summed E-state index contributed by atoms with van der Waals surface area (Å²) in [6, 6.07) is 7.16. The van der Waals surface area contributed by atoms with Crippen LogP contribution in [0.25, 0.3) is 0 Å². The van der Waals surface area contributed by atoms with Gasteiger partial charge in [-0.05, 0) is 32.9 Å². The number of carbonyl (C=O) groups is 1. The highest BCUT2D eigenvalue weighted by Crippen LogP contribution is 2.20. The smallest absolute Gasteiger partial charge is 0.282 e. The highest BCUT2D eigenvalue weighted by Gasteiger charge is 2.33. The van der Waals surface area contributed by atoms with E-state index in [4.69, 9.17) is 16.3 Å². The van der Waals surface area contributed by atoms with Gasteiger partial charge in [0.05, 0.1) is 10.7 Å². The SMILES string of the molecule is C[C@@H]1C[NH+]([C@@H](C)C(=O)Nc2ccccc2Cl)C[C@H](C)O1. The van der Waals surface area contributed by atoms with Crippen LogP contribution in [-0.2, 0) is 9.53 Å². The van der Waals surface area contributed by atoms with Gasteiger partial charge in [0, 0.05) is 0 Å². The number of carbonyl (C=O) groups excluding carboxylic acids is 1. The zero-order valence-corrected chi connectivity index (χ0v) is 12.9. The number of quaternary nitrogens is 1. The van der Waals surface area contributed by atoms with Gasteiger partial charge in [0.2, 0.25) is 0 Å². The van der Waals surface area contributed by atoms with Gasteiger partial charge in [-0.1, -0.05) is 23.7 Å². The summed E-state index contributed by atoms with van der Waals surface area (Å²) < 4.78 is 5.71. The topological polar surface area (TPSA) is 42.8 Å². The van der Waals surface area contributed by atoms with Crippen LogP contribution >= 0.6 is 11.6 Å². The minimum Gasteiger partial charge on any atom is -0.364 e. The molecular formula is C15H22ClN2O2+. The molecule has 20 heavy (non-hydrogen) atoms. The van der Waals surface area contributed by atoms with Gasteiger partial charge in [0.25, 0.3) is 5.91 Å². The van der Waals surface area contributed by atoms with E-state index in [2.05, 4.69) is 5.32 Å². The van der Waals surface area contributed by atoms with Crippen molar-refractivity contribution < 1.29 is 14.4 Å². The van der Waals surface area contributed by atoms with Crippen molar-refractivity contribution in [2.24, 2.45) is 0 Å². The van der Waals surface area contributed by atoms with Gasteiger partial charge in [-0.3, -0.25) is 4.79 Å². The van der Waals surface area contributed by atoms with Crippen LogP contribution in [0.5, 0.6) is 0 Å². The summed E-state index contributed by atoms with van der Waals surface area (Å²) in [5.41, 5.74) is 0.666. The molecule has 4 nitrogen and oxygen atoms in total. The molecule has 1 saturated heterocycles. The van der Waals surface area contributed by atoms with E-state index in [0.717, 1.165) is 13.1 Å². The van der Waals surface area contributed by atoms with Gasteiger partial charge in [-0.15, -0.1) is 0 Å². The van der Waals surface area contributed by atoms with Crippen molar-refractivity contribution in [2.45, 2.75) is 39.0 Å². The Bertz CT molecular complexity index is 471. The molecule has 1 aromatic rings. The van der Waals surface area contributed by atoms with Crippen LogP contribution < -0.4 is 10.2 Å². The van der Waals surface area contributed by atoms with Gasteiger partial charge in [0.1, 0.15) is 25.3 Å². The molecule has 1 aliphatic heterocycles. The van der Waals surface area contributed by atoms with Crippen molar-refractivity contribution in [1.29, 1.82) is 0 Å². The number of anilines is 1. The maximum atomic E-state index is 12.3. The van der Waals surface area contributed by atoms with Gasteiger partial charge in [0.15, 0.2) is 6.04 Å². The second-order valence-electron chi connectivity index (χ2n) is 5.51. The summed E-state index contributed by atoms with van der Waals surface area (Å²) in [5.74, 6) is -0.00519. The Hall–Kier alpha value is -1.10. The van der Waals surface area contributed by atoms with E-state index in [9.17, 15) is 4.79 Å². The standard InChI is InChI=1S/C15H21ClN2O2/c1-10-8-18(9-11(2)20-10)12(3)15(19)17-14-7-5-4-6-13(14)16/h4-7,10-12H,8-9H2,1-3H3,(H,17,19)/p+1/t10-,11+,12-/m0/s1. The average molecular weight is 298 g/mol. The van der Waals surface area contributed by atoms with E-state index >= 15 is 0 Å². The lowest BCUT2D eigenvalue weighted by molar-refractivity contribution is -0.928. The molecule has 0 spiro atoms. The van der Waals surface area contributed by atoms with Crippen LogP contribution in [0.4, 0.5) is 5.69 Å². The monoisotopic (exact) mass is 297 g/mol. The fourth-order valence-electron chi connectivity index (χ4n) is 2.66. The molecule has 0 aromatic heterocycles. The maximum Gasteiger partial charge on any atom is 0.282 e. The lowest BCUT2D eigenvalue weighted by Gasteiger charge is -2.35. The summed E-state index contributed by atoms with van der Waals surface area (Å²) in [7, 11) is 0. The largest absolute Gasteiger partial charge is 0.364 e. The first-order chi connectivity index (χ1) is 9.47. The third-order valence-electron chi connectivity index (χ3n) is 3.70. The Morgan fingerprint density at radius 2 is 1.95 bits per heavy atom. The van der Waals surface area contributed by atoms with Crippen LogP contribution in [-0.4, -0.2) is 37.2 Å². The fraction of sp³-hybridized carbons (Fsp3) is 0.533. The third-order valence-corrected chi connectivity index (χ3v) is 4.03. The molecular weight excluding hydrogens is 276 g/mol. The van der Waals surface area contributed by atoms with Crippen LogP contribution in [0.1, 0.15) is 20.8 Å². The Labute approximate surface area is 125 Å². The van der Waals surface area contributed by atoms with E-state index < -0.39 is 0 Å². The zero-order chi connectivity index (χ0) is 14.7. The summed E-state index contributed by atoms with van der Waals surface area (Å²) in [5, 5.41) is 3.47. The van der Waals surface area contributed by atoms with Gasteiger partial charge in [-0.2, -0.15) is 0 Å². The second kappa shape index (κ2) is 6.57. The maximum absolute atomic E-state index is 12.3. The number of morpholine rings is 1. The number of hydrogen-bond acceptors (Lipinski definition) is 2. The van der Waals surface area contributed by atoms with E-state index in [1.807, 2.05) is 39.0 Å². The predicted octanol–water partition coefficient (Wildman–Crippen LogP) is 1.36. The molecule has 0 saturated carbocycles. The molecule has 1 aromatic carbocycles. The number of halogens is 1. The second-order valence-corrected chi connectivity index (χ2v) is 5.92. The fourth-order valence-corrected chi connectivity index (χ4v) is 2.84. The lowest BCUT2D eigenvalue weighted by Crippen LogP contribution is -3.19. The number of amides is 1. The summed E-state index contributed by atoms with van der Waals surface area (Å²) in [4.78, 5) is 13.6. The minimum absolute atomic E-state index is 0.00519. The minimum atomic E-state index is -0.125. The molecule has 0 aliphatic carbocycles. The first kappa shape index (κ1) is 15.3. The van der Waals surface area contributed by atoms with E-state index in [0.29, 0.717) is 10.7 Å². The normalized spacial score (nSPS) is 27.9. The van der Waals surface area contributed by atoms with E-state index in [-0.39, 0.29) is 24.2 Å². The Balaban J connectivity index is 2.00. The first-order valence-electron chi connectivity index (χ1n) is 7.02. The van der Waals surface area contributed by atoms with E-state index in [1.54, 1.807) is 6.07 Å². The predicted molar refractivity (Wildman–Crippen MR) is 80.2 cm³/mol. The van der Waals surface area contributed by atoms with Gasteiger partial charge in [-0.25, -0.2) is 0 Å². The molecule has 1 heterocycles. The average Bonchev–Trinajstić information content (AvgIpc) is 2.39. The molecule has 5 heteroatoms. The number of hydrogen-bond donors (Lipinski definition) is 2. The van der Waals surface area contributed by atoms with Crippen LogP contribution in [0, 0.1) is 0 Å². The summed E-state index contributed by atoms with van der Waals surface area (Å²) in [6.07, 6.45) is 0.369. The zero-order valence-electron chi connectivity index (χ0n) is 12.2. The molecule has 110 valence electrons. The Morgan fingerprint density at radius 3 is 2.55 bits per heavy atom. The highest BCUT2D eigenvalue weighted by atomic mass is 35.5. The number of para-hydroxylation sites is 1. The highest BCUT2D eigenvalue weighted by molar-refractivity contribution is 6.33. The first-order valence-corrected chi connectivity index (χ1v) is 7.40. The molecule has 1 unspecified atom stereocenters. The molecule has 0 bridgehead atoms. The van der Waals surface area contributed by atoms with Gasteiger partial charge >= 0.3 is 0 Å². The van der Waals surface area contributed by atoms with Crippen molar-refractivity contribution >= 4 is 23.2 Å². The number of rotatable bonds is 3. The van der Waals surface area contributed by atoms with E-state index in [1.165, 1.54) is 4.90 Å². The Kier molecular flexibility index (Phi) is 5.02. The Morgan fingerprint density at radius 1 is 1.35 bits per heavy atom. The molecule has 2 N–H and O–H groups in total. The molecule has 2 rings (SSSR count).